The number of carboxylic acid groups (broad SMARTS) is 1. The van der Waals surface area contributed by atoms with Gasteiger partial charge < -0.3 is 23.9 Å². The summed E-state index contributed by atoms with van der Waals surface area (Å²) >= 11 is 0. The number of aromatic carboxylic acids is 1. The van der Waals surface area contributed by atoms with Gasteiger partial charge in [-0.15, -0.1) is 0 Å². The van der Waals surface area contributed by atoms with Gasteiger partial charge in [0, 0.05) is 24.6 Å². The summed E-state index contributed by atoms with van der Waals surface area (Å²) in [6.07, 6.45) is 0. The third-order valence-electron chi connectivity index (χ3n) is 5.48. The third kappa shape index (κ3) is 4.16. The summed E-state index contributed by atoms with van der Waals surface area (Å²) < 4.78 is 19.3. The van der Waals surface area contributed by atoms with Crippen LogP contribution >= 0.6 is 0 Å². The van der Waals surface area contributed by atoms with Gasteiger partial charge in [-0.3, -0.25) is 4.99 Å². The summed E-state index contributed by atoms with van der Waals surface area (Å²) in [4.78, 5) is 20.3. The molecule has 1 unspecified atom stereocenters. The number of nitrogens with zero attached hydrogens (tertiary/aromatic N) is 3. The first kappa shape index (κ1) is 21.4. The number of aliphatic imine (C=N–C) groups is 1. The predicted octanol–water partition coefficient (Wildman–Crippen LogP) is 4.20. The second-order valence-corrected chi connectivity index (χ2v) is 7.70. The molecule has 1 atom stereocenters. The SMILES string of the molecule is COC1=C(C)C(Oc2ccc3nc(COc4cccc(C(=O)O)c4)n(C)c3c2)=NCC1C. The number of benzene rings is 2. The molecular formula is C24H25N3O5. The van der Waals surface area contributed by atoms with E-state index in [1.165, 1.54) is 12.1 Å². The summed E-state index contributed by atoms with van der Waals surface area (Å²) in [6, 6.07) is 12.0. The van der Waals surface area contributed by atoms with Crippen LogP contribution in [-0.2, 0) is 18.4 Å². The first-order chi connectivity index (χ1) is 15.4. The first-order valence-corrected chi connectivity index (χ1v) is 10.3. The predicted molar refractivity (Wildman–Crippen MR) is 120 cm³/mol. The van der Waals surface area contributed by atoms with Crippen LogP contribution in [0.4, 0.5) is 0 Å². The average Bonchev–Trinajstić information content (AvgIpc) is 3.10. The fraction of sp³-hybridized carbons (Fsp3) is 0.292. The standard InChI is InChI=1S/C24H25N3O5/c1-14-12-25-23(15(2)22(14)30-4)32-18-8-9-19-20(11-18)27(3)21(26-19)13-31-17-7-5-6-16(10-17)24(28)29/h5-11,14H,12-13H2,1-4H3,(H,28,29). The van der Waals surface area contributed by atoms with Crippen molar-refractivity contribution in [3.63, 3.8) is 0 Å². The number of aryl methyl sites for hydroxylation is 1. The number of rotatable bonds is 6. The van der Waals surface area contributed by atoms with E-state index in [1.807, 2.05) is 36.7 Å². The lowest BCUT2D eigenvalue weighted by Gasteiger charge is -2.22. The first-order valence-electron chi connectivity index (χ1n) is 10.3. The molecule has 0 amide bonds. The van der Waals surface area contributed by atoms with Gasteiger partial charge in [-0.05, 0) is 37.3 Å². The molecule has 0 saturated carbocycles. The molecule has 0 spiro atoms. The van der Waals surface area contributed by atoms with Crippen molar-refractivity contribution >= 4 is 22.9 Å². The molecule has 2 aromatic carbocycles. The van der Waals surface area contributed by atoms with Crippen molar-refractivity contribution in [2.45, 2.75) is 20.5 Å². The van der Waals surface area contributed by atoms with E-state index in [0.717, 1.165) is 22.4 Å². The number of methoxy groups -OCH3 is 1. The van der Waals surface area contributed by atoms with Crippen molar-refractivity contribution in [1.82, 2.24) is 9.55 Å². The van der Waals surface area contributed by atoms with Crippen molar-refractivity contribution in [3.8, 4) is 11.5 Å². The number of fused-ring (bicyclic) bond motifs is 1. The van der Waals surface area contributed by atoms with Gasteiger partial charge in [0.2, 0.25) is 5.90 Å². The second-order valence-electron chi connectivity index (χ2n) is 7.70. The second kappa shape index (κ2) is 8.74. The molecule has 0 bridgehead atoms. The highest BCUT2D eigenvalue weighted by Gasteiger charge is 2.23. The van der Waals surface area contributed by atoms with Crippen molar-refractivity contribution in [3.05, 3.63) is 65.2 Å². The Morgan fingerprint density at radius 3 is 2.78 bits per heavy atom. The number of aromatic nitrogens is 2. The lowest BCUT2D eigenvalue weighted by atomic mass is 10.0. The van der Waals surface area contributed by atoms with Gasteiger partial charge in [-0.1, -0.05) is 13.0 Å². The van der Waals surface area contributed by atoms with E-state index in [4.69, 9.17) is 19.3 Å². The largest absolute Gasteiger partial charge is 0.500 e. The van der Waals surface area contributed by atoms with E-state index in [2.05, 4.69) is 16.9 Å². The van der Waals surface area contributed by atoms with Crippen LogP contribution in [0, 0.1) is 5.92 Å². The molecule has 1 aliphatic rings. The zero-order chi connectivity index (χ0) is 22.8. The fourth-order valence-electron chi connectivity index (χ4n) is 3.75. The number of ether oxygens (including phenoxy) is 3. The van der Waals surface area contributed by atoms with E-state index in [9.17, 15) is 4.79 Å². The van der Waals surface area contributed by atoms with Crippen LogP contribution in [0.5, 0.6) is 11.5 Å². The maximum absolute atomic E-state index is 11.1. The normalized spacial score (nSPS) is 16.1. The highest BCUT2D eigenvalue weighted by molar-refractivity contribution is 5.96. The third-order valence-corrected chi connectivity index (χ3v) is 5.48. The molecule has 8 heteroatoms. The smallest absolute Gasteiger partial charge is 0.335 e. The Balaban J connectivity index is 1.53. The van der Waals surface area contributed by atoms with Gasteiger partial charge in [0.15, 0.2) is 0 Å². The maximum atomic E-state index is 11.1. The number of dihydropyridines is 1. The van der Waals surface area contributed by atoms with Crippen molar-refractivity contribution < 1.29 is 24.1 Å². The van der Waals surface area contributed by atoms with Crippen molar-refractivity contribution in [2.24, 2.45) is 18.0 Å². The zero-order valence-corrected chi connectivity index (χ0v) is 18.5. The van der Waals surface area contributed by atoms with Crippen LogP contribution in [0.2, 0.25) is 0 Å². The highest BCUT2D eigenvalue weighted by Crippen LogP contribution is 2.27. The van der Waals surface area contributed by atoms with Gasteiger partial charge in [-0.2, -0.15) is 0 Å². The molecule has 4 rings (SSSR count). The minimum atomic E-state index is -0.995. The summed E-state index contributed by atoms with van der Waals surface area (Å²) in [6.45, 7) is 4.85. The topological polar surface area (TPSA) is 95.2 Å². The quantitative estimate of drug-likeness (QED) is 0.624. The summed E-state index contributed by atoms with van der Waals surface area (Å²) in [5.74, 6) is 2.52. The molecule has 3 aromatic rings. The molecule has 1 aromatic heterocycles. The fourth-order valence-corrected chi connectivity index (χ4v) is 3.75. The summed E-state index contributed by atoms with van der Waals surface area (Å²) in [5, 5.41) is 9.13. The van der Waals surface area contributed by atoms with Crippen LogP contribution in [0.3, 0.4) is 0 Å². The minimum absolute atomic E-state index is 0.176. The molecule has 0 fully saturated rings. The number of hydrogen-bond acceptors (Lipinski definition) is 6. The Hall–Kier alpha value is -3.81. The minimum Gasteiger partial charge on any atom is -0.500 e. The van der Waals surface area contributed by atoms with Gasteiger partial charge in [0.1, 0.15) is 29.7 Å². The van der Waals surface area contributed by atoms with Crippen LogP contribution < -0.4 is 9.47 Å². The van der Waals surface area contributed by atoms with Crippen LogP contribution in [0.25, 0.3) is 11.0 Å². The zero-order valence-electron chi connectivity index (χ0n) is 18.5. The summed E-state index contributed by atoms with van der Waals surface area (Å²) in [7, 11) is 3.57. The molecule has 2 heterocycles. The van der Waals surface area contributed by atoms with E-state index < -0.39 is 5.97 Å². The number of carbonyl (C=O) groups is 1. The molecule has 0 saturated heterocycles. The Morgan fingerprint density at radius 1 is 1.22 bits per heavy atom. The van der Waals surface area contributed by atoms with E-state index in [0.29, 0.717) is 29.8 Å². The molecule has 0 radical (unpaired) electrons. The lowest BCUT2D eigenvalue weighted by Crippen LogP contribution is -2.22. The Morgan fingerprint density at radius 2 is 2.03 bits per heavy atom. The average molecular weight is 435 g/mol. The van der Waals surface area contributed by atoms with Gasteiger partial charge in [0.05, 0.1) is 30.3 Å². The van der Waals surface area contributed by atoms with E-state index >= 15 is 0 Å². The monoisotopic (exact) mass is 435 g/mol. The summed E-state index contributed by atoms with van der Waals surface area (Å²) in [5.41, 5.74) is 2.77. The molecule has 1 N–H and O–H groups in total. The van der Waals surface area contributed by atoms with Crippen molar-refractivity contribution in [2.75, 3.05) is 13.7 Å². The number of carboxylic acids is 1. The van der Waals surface area contributed by atoms with Gasteiger partial charge >= 0.3 is 5.97 Å². The number of hydrogen-bond donors (Lipinski definition) is 1. The number of imidazole rings is 1. The van der Waals surface area contributed by atoms with Gasteiger partial charge in [0.25, 0.3) is 0 Å². The van der Waals surface area contributed by atoms with Crippen LogP contribution in [0.1, 0.15) is 30.0 Å². The van der Waals surface area contributed by atoms with Gasteiger partial charge in [-0.25, -0.2) is 9.78 Å². The van der Waals surface area contributed by atoms with Crippen molar-refractivity contribution in [1.29, 1.82) is 0 Å². The molecule has 1 aliphatic heterocycles. The Kier molecular flexibility index (Phi) is 5.85. The molecule has 8 nitrogen and oxygen atoms in total. The maximum Gasteiger partial charge on any atom is 0.335 e. The van der Waals surface area contributed by atoms with Crippen LogP contribution in [-0.4, -0.2) is 40.2 Å². The van der Waals surface area contributed by atoms with E-state index in [-0.39, 0.29) is 18.1 Å². The molecule has 166 valence electrons. The van der Waals surface area contributed by atoms with E-state index in [1.54, 1.807) is 19.2 Å². The molecule has 32 heavy (non-hydrogen) atoms. The molecule has 0 aliphatic carbocycles. The highest BCUT2D eigenvalue weighted by atomic mass is 16.5. The Bertz CT molecular complexity index is 1240. The van der Waals surface area contributed by atoms with Crippen LogP contribution in [0.15, 0.2) is 58.8 Å². The molecular weight excluding hydrogens is 410 g/mol. The lowest BCUT2D eigenvalue weighted by molar-refractivity contribution is 0.0696. The Labute approximate surface area is 185 Å².